The largest absolute Gasteiger partial charge is 0.339 e. The molecule has 0 unspecified atom stereocenters. The van der Waals surface area contributed by atoms with Crippen LogP contribution in [0.15, 0.2) is 59.5 Å². The van der Waals surface area contributed by atoms with Gasteiger partial charge in [0.1, 0.15) is 0 Å². The summed E-state index contributed by atoms with van der Waals surface area (Å²) in [6.45, 7) is 3.75. The van der Waals surface area contributed by atoms with E-state index in [1.54, 1.807) is 30.3 Å². The van der Waals surface area contributed by atoms with Crippen LogP contribution in [-0.4, -0.2) is 18.6 Å². The lowest BCUT2D eigenvalue weighted by molar-refractivity contribution is 0.601. The fourth-order valence-corrected chi connectivity index (χ4v) is 3.67. The van der Waals surface area contributed by atoms with E-state index in [2.05, 4.69) is 20.2 Å². The van der Waals surface area contributed by atoms with Gasteiger partial charge in [0.2, 0.25) is 0 Å². The van der Waals surface area contributed by atoms with E-state index in [1.807, 2.05) is 32.0 Å². The summed E-state index contributed by atoms with van der Waals surface area (Å²) >= 11 is 5.94. The van der Waals surface area contributed by atoms with Crippen molar-refractivity contribution in [3.8, 4) is 0 Å². The third-order valence-electron chi connectivity index (χ3n) is 3.65. The van der Waals surface area contributed by atoms with Crippen molar-refractivity contribution < 1.29 is 8.42 Å². The van der Waals surface area contributed by atoms with Crippen LogP contribution < -0.4 is 10.0 Å². The van der Waals surface area contributed by atoms with Crippen molar-refractivity contribution in [1.29, 1.82) is 0 Å². The average Bonchev–Trinajstić information content (AvgIpc) is 2.59. The Morgan fingerprint density at radius 1 is 0.923 bits per heavy atom. The minimum atomic E-state index is -3.71. The molecule has 0 radical (unpaired) electrons. The van der Waals surface area contributed by atoms with Gasteiger partial charge in [0, 0.05) is 10.7 Å². The van der Waals surface area contributed by atoms with Crippen molar-refractivity contribution in [2.24, 2.45) is 0 Å². The smallest absolute Gasteiger partial charge is 0.263 e. The molecule has 0 aliphatic heterocycles. The van der Waals surface area contributed by atoms with Crippen molar-refractivity contribution in [2.75, 3.05) is 10.0 Å². The third kappa shape index (κ3) is 4.30. The van der Waals surface area contributed by atoms with Gasteiger partial charge >= 0.3 is 0 Å². The molecule has 0 fully saturated rings. The van der Waals surface area contributed by atoms with Gasteiger partial charge in [0.25, 0.3) is 10.0 Å². The Kier molecular flexibility index (Phi) is 5.11. The second-order valence-electron chi connectivity index (χ2n) is 5.81. The first-order valence-corrected chi connectivity index (χ1v) is 9.66. The van der Waals surface area contributed by atoms with Crippen LogP contribution in [0.4, 0.5) is 17.3 Å². The quantitative estimate of drug-likeness (QED) is 0.681. The van der Waals surface area contributed by atoms with Crippen LogP contribution in [0.25, 0.3) is 0 Å². The van der Waals surface area contributed by atoms with E-state index in [-0.39, 0.29) is 10.7 Å². The van der Waals surface area contributed by atoms with Crippen LogP contribution in [0.1, 0.15) is 11.1 Å². The highest BCUT2D eigenvalue weighted by Crippen LogP contribution is 2.23. The Bertz CT molecular complexity index is 1040. The molecule has 0 aliphatic carbocycles. The summed E-state index contributed by atoms with van der Waals surface area (Å²) in [6.07, 6.45) is 0. The Hall–Kier alpha value is -2.64. The fraction of sp³-hybridized carbons (Fsp3) is 0.111. The molecule has 0 bridgehead atoms. The average molecular weight is 389 g/mol. The Morgan fingerprint density at radius 2 is 1.65 bits per heavy atom. The summed E-state index contributed by atoms with van der Waals surface area (Å²) in [5.41, 5.74) is 2.66. The van der Waals surface area contributed by atoms with Gasteiger partial charge in [-0.15, -0.1) is 10.2 Å². The number of aryl methyl sites for hydroxylation is 2. The van der Waals surface area contributed by atoms with E-state index >= 15 is 0 Å². The molecular formula is C18H17ClN4O2S. The molecule has 2 N–H and O–H groups in total. The Labute approximate surface area is 157 Å². The fourth-order valence-electron chi connectivity index (χ4n) is 2.34. The monoisotopic (exact) mass is 388 g/mol. The van der Waals surface area contributed by atoms with Crippen LogP contribution in [0.2, 0.25) is 5.02 Å². The normalized spacial score (nSPS) is 11.2. The summed E-state index contributed by atoms with van der Waals surface area (Å²) in [4.78, 5) is 0.179. The summed E-state index contributed by atoms with van der Waals surface area (Å²) < 4.78 is 27.2. The van der Waals surface area contributed by atoms with E-state index in [0.29, 0.717) is 10.8 Å². The van der Waals surface area contributed by atoms with Gasteiger partial charge in [-0.2, -0.15) is 0 Å². The first-order valence-electron chi connectivity index (χ1n) is 7.80. The van der Waals surface area contributed by atoms with E-state index in [9.17, 15) is 8.42 Å². The number of benzene rings is 2. The summed E-state index contributed by atoms with van der Waals surface area (Å²) in [6, 6.07) is 15.3. The highest BCUT2D eigenvalue weighted by atomic mass is 35.5. The topological polar surface area (TPSA) is 84.0 Å². The number of anilines is 3. The molecule has 1 aromatic heterocycles. The molecule has 1 heterocycles. The second kappa shape index (κ2) is 7.31. The number of nitrogens with one attached hydrogen (secondary N) is 2. The molecule has 0 amide bonds. The minimum Gasteiger partial charge on any atom is -0.339 e. The van der Waals surface area contributed by atoms with E-state index in [1.165, 1.54) is 6.07 Å². The van der Waals surface area contributed by atoms with Crippen molar-refractivity contribution in [2.45, 2.75) is 18.7 Å². The molecule has 0 atom stereocenters. The molecule has 0 saturated heterocycles. The molecule has 0 aliphatic rings. The molecule has 8 heteroatoms. The van der Waals surface area contributed by atoms with Gasteiger partial charge in [-0.25, -0.2) is 8.42 Å². The van der Waals surface area contributed by atoms with E-state index in [4.69, 9.17) is 11.6 Å². The highest BCUT2D eigenvalue weighted by molar-refractivity contribution is 7.92. The van der Waals surface area contributed by atoms with E-state index < -0.39 is 10.0 Å². The van der Waals surface area contributed by atoms with Gasteiger partial charge < -0.3 is 5.32 Å². The standard InChI is InChI=1S/C18H17ClN4O2S/c1-12-4-3-5-15(10-12)26(24,25)23-18-9-8-17(21-22-18)20-16-7-6-14(19)11-13(16)2/h3-11H,1-2H3,(H,20,21)(H,22,23). The number of rotatable bonds is 5. The zero-order valence-corrected chi connectivity index (χ0v) is 15.8. The zero-order chi connectivity index (χ0) is 18.7. The predicted octanol–water partition coefficient (Wildman–Crippen LogP) is 4.29. The number of sulfonamides is 1. The van der Waals surface area contributed by atoms with Crippen LogP contribution >= 0.6 is 11.6 Å². The Morgan fingerprint density at radius 3 is 2.31 bits per heavy atom. The maximum Gasteiger partial charge on any atom is 0.263 e. The van der Waals surface area contributed by atoms with Gasteiger partial charge in [-0.3, -0.25) is 4.72 Å². The van der Waals surface area contributed by atoms with Gasteiger partial charge in [-0.05, 0) is 67.4 Å². The summed E-state index contributed by atoms with van der Waals surface area (Å²) in [5.74, 6) is 0.638. The van der Waals surface area contributed by atoms with Crippen LogP contribution in [-0.2, 0) is 10.0 Å². The van der Waals surface area contributed by atoms with Crippen LogP contribution in [0.5, 0.6) is 0 Å². The maximum atomic E-state index is 12.4. The van der Waals surface area contributed by atoms with E-state index in [0.717, 1.165) is 16.8 Å². The van der Waals surface area contributed by atoms with Crippen molar-refractivity contribution in [3.05, 3.63) is 70.7 Å². The summed E-state index contributed by atoms with van der Waals surface area (Å²) in [7, 11) is -3.71. The Balaban J connectivity index is 1.75. The SMILES string of the molecule is Cc1cccc(S(=O)(=O)Nc2ccc(Nc3ccc(Cl)cc3C)nn2)c1. The predicted molar refractivity (Wildman–Crippen MR) is 103 cm³/mol. The van der Waals surface area contributed by atoms with Crippen LogP contribution in [0.3, 0.4) is 0 Å². The highest BCUT2D eigenvalue weighted by Gasteiger charge is 2.15. The summed E-state index contributed by atoms with van der Waals surface area (Å²) in [5, 5.41) is 11.7. The lowest BCUT2D eigenvalue weighted by Gasteiger charge is -2.10. The number of halogens is 1. The molecule has 26 heavy (non-hydrogen) atoms. The van der Waals surface area contributed by atoms with Gasteiger partial charge in [0.05, 0.1) is 4.90 Å². The zero-order valence-electron chi connectivity index (χ0n) is 14.2. The molecule has 6 nitrogen and oxygen atoms in total. The molecule has 134 valence electrons. The van der Waals surface area contributed by atoms with Crippen molar-refractivity contribution in [3.63, 3.8) is 0 Å². The lowest BCUT2D eigenvalue weighted by Crippen LogP contribution is -2.14. The third-order valence-corrected chi connectivity index (χ3v) is 5.24. The number of nitrogens with zero attached hydrogens (tertiary/aromatic N) is 2. The molecule has 3 rings (SSSR count). The van der Waals surface area contributed by atoms with Gasteiger partial charge in [0.15, 0.2) is 11.6 Å². The number of hydrogen-bond acceptors (Lipinski definition) is 5. The maximum absolute atomic E-state index is 12.4. The number of hydrogen-bond donors (Lipinski definition) is 2. The lowest BCUT2D eigenvalue weighted by atomic mass is 10.2. The first-order chi connectivity index (χ1) is 12.3. The first kappa shape index (κ1) is 18.2. The van der Waals surface area contributed by atoms with Crippen LogP contribution in [0, 0.1) is 13.8 Å². The minimum absolute atomic E-state index is 0.143. The van der Waals surface area contributed by atoms with Gasteiger partial charge in [-0.1, -0.05) is 23.7 Å². The molecular weight excluding hydrogens is 372 g/mol. The molecule has 0 saturated carbocycles. The van der Waals surface area contributed by atoms with Crippen molar-refractivity contribution >= 4 is 38.9 Å². The molecule has 3 aromatic rings. The molecule has 2 aromatic carbocycles. The molecule has 0 spiro atoms. The number of aromatic nitrogens is 2. The van der Waals surface area contributed by atoms with Crippen molar-refractivity contribution in [1.82, 2.24) is 10.2 Å². The second-order valence-corrected chi connectivity index (χ2v) is 7.93.